The highest BCUT2D eigenvalue weighted by atomic mass is 16.3. The summed E-state index contributed by atoms with van der Waals surface area (Å²) in [6.45, 7) is 11.8. The van der Waals surface area contributed by atoms with Crippen LogP contribution in [-0.4, -0.2) is 17.3 Å². The van der Waals surface area contributed by atoms with Crippen LogP contribution in [0, 0.1) is 16.7 Å². The van der Waals surface area contributed by atoms with E-state index < -0.39 is 5.60 Å². The lowest BCUT2D eigenvalue weighted by Crippen LogP contribution is -2.53. The topological polar surface area (TPSA) is 46.2 Å². The Bertz CT molecular complexity index is 242. The van der Waals surface area contributed by atoms with Crippen LogP contribution in [0.1, 0.15) is 66.7 Å². The van der Waals surface area contributed by atoms with Crippen molar-refractivity contribution >= 4 is 0 Å². The Morgan fingerprint density at radius 2 is 1.65 bits per heavy atom. The molecule has 1 atom stereocenters. The summed E-state index contributed by atoms with van der Waals surface area (Å²) >= 11 is 0. The number of aliphatic hydroxyl groups is 1. The molecule has 2 nitrogen and oxygen atoms in total. The minimum absolute atomic E-state index is 0.115. The summed E-state index contributed by atoms with van der Waals surface area (Å²) in [5.74, 6) is 0.738. The Hall–Kier alpha value is -0.0800. The summed E-state index contributed by atoms with van der Waals surface area (Å²) in [6.07, 6.45) is 5.05. The maximum Gasteiger partial charge on any atom is 0.0713 e. The summed E-state index contributed by atoms with van der Waals surface area (Å²) in [4.78, 5) is 0. The Kier molecular flexibility index (Phi) is 4.31. The van der Waals surface area contributed by atoms with E-state index in [1.54, 1.807) is 0 Å². The summed E-state index contributed by atoms with van der Waals surface area (Å²) in [6, 6.07) is 0. The summed E-state index contributed by atoms with van der Waals surface area (Å²) in [7, 11) is 0. The van der Waals surface area contributed by atoms with Crippen molar-refractivity contribution < 1.29 is 5.11 Å². The fraction of sp³-hybridized carbons (Fsp3) is 1.00. The van der Waals surface area contributed by atoms with Crippen molar-refractivity contribution in [2.24, 2.45) is 22.5 Å². The van der Waals surface area contributed by atoms with Crippen molar-refractivity contribution in [3.05, 3.63) is 0 Å². The van der Waals surface area contributed by atoms with Crippen LogP contribution in [0.25, 0.3) is 0 Å². The number of rotatable bonds is 3. The standard InChI is InChI=1S/C15H31NO/c1-6-14(5,11-16)15(17)9-7-12(8-10-15)13(2,3)4/h12,17H,6-11,16H2,1-5H3. The fourth-order valence-electron chi connectivity index (χ4n) is 3.23. The van der Waals surface area contributed by atoms with Crippen molar-refractivity contribution in [2.45, 2.75) is 72.3 Å². The predicted molar refractivity (Wildman–Crippen MR) is 73.8 cm³/mol. The SMILES string of the molecule is CCC(C)(CN)C1(O)CCC(C(C)(C)C)CC1. The van der Waals surface area contributed by atoms with Crippen LogP contribution in [0.3, 0.4) is 0 Å². The van der Waals surface area contributed by atoms with Crippen molar-refractivity contribution in [1.29, 1.82) is 0 Å². The molecular formula is C15H31NO. The van der Waals surface area contributed by atoms with Crippen LogP contribution in [0.4, 0.5) is 0 Å². The molecule has 0 aromatic rings. The van der Waals surface area contributed by atoms with E-state index in [4.69, 9.17) is 5.73 Å². The van der Waals surface area contributed by atoms with Gasteiger partial charge >= 0.3 is 0 Å². The second-order valence-electron chi connectivity index (χ2n) is 7.29. The molecule has 0 saturated heterocycles. The minimum Gasteiger partial charge on any atom is -0.389 e. The molecule has 0 radical (unpaired) electrons. The Balaban J connectivity index is 2.73. The van der Waals surface area contributed by atoms with E-state index in [1.807, 2.05) is 0 Å². The van der Waals surface area contributed by atoms with E-state index >= 15 is 0 Å². The Morgan fingerprint density at radius 3 is 1.94 bits per heavy atom. The zero-order valence-electron chi connectivity index (χ0n) is 12.3. The third-order valence-electron chi connectivity index (χ3n) is 5.39. The first-order chi connectivity index (χ1) is 7.68. The highest BCUT2D eigenvalue weighted by molar-refractivity contribution is 5.00. The molecule has 0 aliphatic heterocycles. The van der Waals surface area contributed by atoms with E-state index in [1.165, 1.54) is 0 Å². The summed E-state index contributed by atoms with van der Waals surface area (Å²) in [5.41, 5.74) is 5.60. The number of hydrogen-bond acceptors (Lipinski definition) is 2. The molecule has 0 heterocycles. The van der Waals surface area contributed by atoms with Crippen molar-refractivity contribution in [3.8, 4) is 0 Å². The van der Waals surface area contributed by atoms with Gasteiger partial charge in [0.05, 0.1) is 5.60 Å². The van der Waals surface area contributed by atoms with E-state index in [9.17, 15) is 5.11 Å². The summed E-state index contributed by atoms with van der Waals surface area (Å²) < 4.78 is 0. The van der Waals surface area contributed by atoms with Gasteiger partial charge in [0.25, 0.3) is 0 Å². The molecule has 0 amide bonds. The average Bonchev–Trinajstić information content (AvgIpc) is 2.27. The van der Waals surface area contributed by atoms with Gasteiger partial charge in [-0.1, -0.05) is 34.6 Å². The minimum atomic E-state index is -0.543. The molecule has 1 rings (SSSR count). The maximum absolute atomic E-state index is 10.9. The molecule has 1 saturated carbocycles. The van der Waals surface area contributed by atoms with Gasteiger partial charge in [-0.3, -0.25) is 0 Å². The number of hydrogen-bond donors (Lipinski definition) is 2. The van der Waals surface area contributed by atoms with Gasteiger partial charge in [-0.25, -0.2) is 0 Å². The second-order valence-corrected chi connectivity index (χ2v) is 7.29. The first-order valence-electron chi connectivity index (χ1n) is 7.11. The molecule has 1 fully saturated rings. The Labute approximate surface area is 107 Å². The van der Waals surface area contributed by atoms with E-state index in [2.05, 4.69) is 34.6 Å². The Morgan fingerprint density at radius 1 is 1.18 bits per heavy atom. The molecule has 1 aliphatic carbocycles. The molecule has 17 heavy (non-hydrogen) atoms. The molecule has 0 spiro atoms. The number of nitrogens with two attached hydrogens (primary N) is 1. The van der Waals surface area contributed by atoms with Gasteiger partial charge in [0.2, 0.25) is 0 Å². The lowest BCUT2D eigenvalue weighted by molar-refractivity contribution is -0.114. The highest BCUT2D eigenvalue weighted by Crippen LogP contribution is 2.48. The molecule has 0 aromatic carbocycles. The quantitative estimate of drug-likeness (QED) is 0.796. The predicted octanol–water partition coefficient (Wildman–Crippen LogP) is 3.33. The fourth-order valence-corrected chi connectivity index (χ4v) is 3.23. The van der Waals surface area contributed by atoms with E-state index in [-0.39, 0.29) is 5.41 Å². The van der Waals surface area contributed by atoms with E-state index in [0.29, 0.717) is 12.0 Å². The van der Waals surface area contributed by atoms with Gasteiger partial charge in [-0.05, 0) is 43.4 Å². The second kappa shape index (κ2) is 4.89. The zero-order valence-corrected chi connectivity index (χ0v) is 12.3. The van der Waals surface area contributed by atoms with Crippen LogP contribution in [0.5, 0.6) is 0 Å². The molecule has 1 aliphatic rings. The largest absolute Gasteiger partial charge is 0.389 e. The van der Waals surface area contributed by atoms with Gasteiger partial charge in [-0.15, -0.1) is 0 Å². The normalized spacial score (nSPS) is 34.4. The molecular weight excluding hydrogens is 210 g/mol. The monoisotopic (exact) mass is 241 g/mol. The van der Waals surface area contributed by atoms with Crippen LogP contribution in [-0.2, 0) is 0 Å². The lowest BCUT2D eigenvalue weighted by Gasteiger charge is -2.50. The van der Waals surface area contributed by atoms with Gasteiger partial charge in [0, 0.05) is 12.0 Å². The molecule has 2 heteroatoms. The maximum atomic E-state index is 10.9. The first-order valence-corrected chi connectivity index (χ1v) is 7.11. The third-order valence-corrected chi connectivity index (χ3v) is 5.39. The van der Waals surface area contributed by atoms with Crippen molar-refractivity contribution in [2.75, 3.05) is 6.54 Å². The zero-order chi connectivity index (χ0) is 13.3. The van der Waals surface area contributed by atoms with Crippen LogP contribution >= 0.6 is 0 Å². The van der Waals surface area contributed by atoms with Gasteiger partial charge in [-0.2, -0.15) is 0 Å². The molecule has 3 N–H and O–H groups in total. The van der Waals surface area contributed by atoms with E-state index in [0.717, 1.165) is 38.0 Å². The molecule has 0 aromatic heterocycles. The lowest BCUT2D eigenvalue weighted by atomic mass is 9.60. The van der Waals surface area contributed by atoms with Crippen LogP contribution in [0.15, 0.2) is 0 Å². The van der Waals surface area contributed by atoms with Gasteiger partial charge in [0.15, 0.2) is 0 Å². The molecule has 102 valence electrons. The van der Waals surface area contributed by atoms with Gasteiger partial charge < -0.3 is 10.8 Å². The van der Waals surface area contributed by atoms with Crippen LogP contribution in [0.2, 0.25) is 0 Å². The van der Waals surface area contributed by atoms with Crippen molar-refractivity contribution in [1.82, 2.24) is 0 Å². The van der Waals surface area contributed by atoms with Gasteiger partial charge in [0.1, 0.15) is 0 Å². The molecule has 1 unspecified atom stereocenters. The first kappa shape index (κ1) is 15.0. The smallest absolute Gasteiger partial charge is 0.0713 e. The summed E-state index contributed by atoms with van der Waals surface area (Å²) in [5, 5.41) is 10.9. The van der Waals surface area contributed by atoms with Crippen LogP contribution < -0.4 is 5.73 Å². The molecule has 0 bridgehead atoms. The third kappa shape index (κ3) is 2.85. The average molecular weight is 241 g/mol. The van der Waals surface area contributed by atoms with Crippen molar-refractivity contribution in [3.63, 3.8) is 0 Å². The highest BCUT2D eigenvalue weighted by Gasteiger charge is 2.47.